The first-order chi connectivity index (χ1) is 5.70. The molecule has 12 heavy (non-hydrogen) atoms. The number of hydrogen-bond acceptors (Lipinski definition) is 4. The van der Waals surface area contributed by atoms with E-state index in [9.17, 15) is 4.79 Å². The third kappa shape index (κ3) is 2.28. The van der Waals surface area contributed by atoms with Crippen LogP contribution in [0, 0.1) is 0 Å². The number of aliphatic hydroxyl groups excluding tert-OH is 1. The lowest BCUT2D eigenvalue weighted by Crippen LogP contribution is -2.22. The van der Waals surface area contributed by atoms with E-state index in [0.717, 1.165) is 0 Å². The van der Waals surface area contributed by atoms with Crippen molar-refractivity contribution in [2.24, 2.45) is 0 Å². The fourth-order valence-electron chi connectivity index (χ4n) is 0.724. The minimum Gasteiger partial charge on any atom is -0.479 e. The van der Waals surface area contributed by atoms with Gasteiger partial charge in [-0.2, -0.15) is 0 Å². The van der Waals surface area contributed by atoms with E-state index in [1.165, 1.54) is 12.5 Å². The van der Waals surface area contributed by atoms with Crippen LogP contribution in [0.5, 0.6) is 0 Å². The second-order valence-electron chi connectivity index (χ2n) is 2.26. The molecule has 0 aliphatic heterocycles. The first-order valence-corrected chi connectivity index (χ1v) is 3.36. The van der Waals surface area contributed by atoms with Gasteiger partial charge in [0.15, 0.2) is 6.10 Å². The van der Waals surface area contributed by atoms with E-state index in [4.69, 9.17) is 10.2 Å². The van der Waals surface area contributed by atoms with Gasteiger partial charge in [0.2, 0.25) is 0 Å². The Hall–Kier alpha value is -1.49. The van der Waals surface area contributed by atoms with Crippen LogP contribution in [0.1, 0.15) is 5.69 Å². The van der Waals surface area contributed by atoms with Crippen molar-refractivity contribution in [1.29, 1.82) is 0 Å². The molecule has 64 valence electrons. The van der Waals surface area contributed by atoms with Gasteiger partial charge in [-0.15, -0.1) is 0 Å². The maximum absolute atomic E-state index is 10.2. The summed E-state index contributed by atoms with van der Waals surface area (Å²) in [6.45, 7) is 0. The second kappa shape index (κ2) is 3.77. The van der Waals surface area contributed by atoms with E-state index in [2.05, 4.69) is 9.97 Å². The molecule has 1 aromatic heterocycles. The van der Waals surface area contributed by atoms with E-state index < -0.39 is 12.1 Å². The minimum atomic E-state index is -1.39. The average Bonchev–Trinajstić information content (AvgIpc) is 2.06. The summed E-state index contributed by atoms with van der Waals surface area (Å²) in [5, 5.41) is 17.3. The molecule has 2 N–H and O–H groups in total. The summed E-state index contributed by atoms with van der Waals surface area (Å²) in [7, 11) is 0. The second-order valence-corrected chi connectivity index (χ2v) is 2.26. The summed E-state index contributed by atoms with van der Waals surface area (Å²) in [5.41, 5.74) is 0.514. The first-order valence-electron chi connectivity index (χ1n) is 3.36. The Balaban J connectivity index is 2.58. The van der Waals surface area contributed by atoms with Crippen LogP contribution < -0.4 is 0 Å². The van der Waals surface area contributed by atoms with Gasteiger partial charge in [-0.1, -0.05) is 0 Å². The molecule has 1 heterocycles. The number of aliphatic carboxylic acids is 1. The highest BCUT2D eigenvalue weighted by molar-refractivity contribution is 5.72. The fraction of sp³-hybridized carbons (Fsp3) is 0.286. The molecule has 0 bridgehead atoms. The number of carboxylic acids is 1. The molecule has 0 radical (unpaired) electrons. The maximum Gasteiger partial charge on any atom is 0.332 e. The van der Waals surface area contributed by atoms with Crippen LogP contribution in [0.25, 0.3) is 0 Å². The van der Waals surface area contributed by atoms with Gasteiger partial charge in [-0.3, -0.25) is 0 Å². The van der Waals surface area contributed by atoms with Gasteiger partial charge in [-0.25, -0.2) is 14.8 Å². The van der Waals surface area contributed by atoms with E-state index >= 15 is 0 Å². The number of carboxylic acid groups (broad SMARTS) is 1. The Morgan fingerprint density at radius 3 is 2.92 bits per heavy atom. The lowest BCUT2D eigenvalue weighted by atomic mass is 10.2. The van der Waals surface area contributed by atoms with Crippen molar-refractivity contribution >= 4 is 5.97 Å². The molecule has 5 nitrogen and oxygen atoms in total. The van der Waals surface area contributed by atoms with Crippen molar-refractivity contribution in [1.82, 2.24) is 9.97 Å². The molecule has 1 atom stereocenters. The third-order valence-corrected chi connectivity index (χ3v) is 1.33. The number of aromatic nitrogens is 2. The largest absolute Gasteiger partial charge is 0.479 e. The zero-order valence-electron chi connectivity index (χ0n) is 6.21. The molecule has 0 amide bonds. The highest BCUT2D eigenvalue weighted by atomic mass is 16.4. The zero-order chi connectivity index (χ0) is 8.97. The molecule has 0 saturated heterocycles. The molecule has 0 aliphatic rings. The molecule has 0 spiro atoms. The summed E-state index contributed by atoms with van der Waals surface area (Å²) in [6, 6.07) is 1.56. The Kier molecular flexibility index (Phi) is 2.71. The van der Waals surface area contributed by atoms with Crippen LogP contribution in [0.4, 0.5) is 0 Å². The quantitative estimate of drug-likeness (QED) is 0.633. The highest BCUT2D eigenvalue weighted by Gasteiger charge is 2.13. The topological polar surface area (TPSA) is 83.3 Å². The summed E-state index contributed by atoms with van der Waals surface area (Å²) < 4.78 is 0. The fourth-order valence-corrected chi connectivity index (χ4v) is 0.724. The molecule has 0 fully saturated rings. The zero-order valence-corrected chi connectivity index (χ0v) is 6.21. The number of nitrogens with zero attached hydrogens (tertiary/aromatic N) is 2. The van der Waals surface area contributed by atoms with Gasteiger partial charge in [0.1, 0.15) is 6.33 Å². The predicted molar refractivity (Wildman–Crippen MR) is 39.4 cm³/mol. The number of carbonyl (C=O) groups is 1. The van der Waals surface area contributed by atoms with E-state index in [-0.39, 0.29) is 6.42 Å². The summed E-state index contributed by atoms with van der Waals surface area (Å²) in [4.78, 5) is 17.6. The van der Waals surface area contributed by atoms with Crippen molar-refractivity contribution in [2.45, 2.75) is 12.5 Å². The van der Waals surface area contributed by atoms with E-state index in [0.29, 0.717) is 5.69 Å². The van der Waals surface area contributed by atoms with Crippen LogP contribution in [0.15, 0.2) is 18.6 Å². The molecular formula is C7H8N2O3. The Morgan fingerprint density at radius 1 is 1.67 bits per heavy atom. The number of hydrogen-bond donors (Lipinski definition) is 2. The molecule has 0 aromatic carbocycles. The molecule has 0 saturated carbocycles. The first kappa shape index (κ1) is 8.61. The van der Waals surface area contributed by atoms with Gasteiger partial charge in [-0.05, 0) is 6.07 Å². The van der Waals surface area contributed by atoms with Crippen LogP contribution >= 0.6 is 0 Å². The van der Waals surface area contributed by atoms with Gasteiger partial charge in [0.25, 0.3) is 0 Å². The number of rotatable bonds is 3. The maximum atomic E-state index is 10.2. The molecule has 1 rings (SSSR count). The Bertz CT molecular complexity index is 263. The lowest BCUT2D eigenvalue weighted by Gasteiger charge is -2.02. The van der Waals surface area contributed by atoms with Crippen molar-refractivity contribution in [3.05, 3.63) is 24.3 Å². The van der Waals surface area contributed by atoms with E-state index in [1.807, 2.05) is 0 Å². The normalized spacial score (nSPS) is 12.4. The smallest absolute Gasteiger partial charge is 0.332 e. The van der Waals surface area contributed by atoms with Gasteiger partial charge < -0.3 is 10.2 Å². The van der Waals surface area contributed by atoms with Crippen LogP contribution in [-0.2, 0) is 11.2 Å². The third-order valence-electron chi connectivity index (χ3n) is 1.33. The van der Waals surface area contributed by atoms with Crippen molar-refractivity contribution in [3.8, 4) is 0 Å². The van der Waals surface area contributed by atoms with Crippen molar-refractivity contribution in [3.63, 3.8) is 0 Å². The van der Waals surface area contributed by atoms with Gasteiger partial charge in [0, 0.05) is 18.3 Å². The Labute approximate surface area is 68.7 Å². The van der Waals surface area contributed by atoms with Crippen molar-refractivity contribution in [2.75, 3.05) is 0 Å². The summed E-state index contributed by atoms with van der Waals surface area (Å²) in [5.74, 6) is -1.24. The molecule has 5 heteroatoms. The van der Waals surface area contributed by atoms with Crippen LogP contribution in [0.2, 0.25) is 0 Å². The summed E-state index contributed by atoms with van der Waals surface area (Å²) in [6.07, 6.45) is 1.43. The SMILES string of the molecule is O=C(O)C(O)Cc1ccncn1. The number of aliphatic hydroxyl groups is 1. The standard InChI is InChI=1S/C7H8N2O3/c10-6(7(11)12)3-5-1-2-8-4-9-5/h1-2,4,6,10H,3H2,(H,11,12). The monoisotopic (exact) mass is 168 g/mol. The molecular weight excluding hydrogens is 160 g/mol. The van der Waals surface area contributed by atoms with Crippen LogP contribution in [-0.4, -0.2) is 32.3 Å². The Morgan fingerprint density at radius 2 is 2.42 bits per heavy atom. The van der Waals surface area contributed by atoms with Crippen molar-refractivity contribution < 1.29 is 15.0 Å². The lowest BCUT2D eigenvalue weighted by molar-refractivity contribution is -0.146. The van der Waals surface area contributed by atoms with Gasteiger partial charge >= 0.3 is 5.97 Å². The highest BCUT2D eigenvalue weighted by Crippen LogP contribution is 1.97. The van der Waals surface area contributed by atoms with E-state index in [1.54, 1.807) is 6.07 Å². The van der Waals surface area contributed by atoms with Gasteiger partial charge in [0.05, 0.1) is 0 Å². The molecule has 1 unspecified atom stereocenters. The molecule has 0 aliphatic carbocycles. The minimum absolute atomic E-state index is 0.0118. The summed E-state index contributed by atoms with van der Waals surface area (Å²) >= 11 is 0. The average molecular weight is 168 g/mol. The molecule has 1 aromatic rings. The predicted octanol–water partition coefficient (Wildman–Crippen LogP) is -0.535. The van der Waals surface area contributed by atoms with Crippen LogP contribution in [0.3, 0.4) is 0 Å².